The molecule has 0 bridgehead atoms. The number of rotatable bonds is 7. The van der Waals surface area contributed by atoms with Gasteiger partial charge < -0.3 is 9.05 Å². The Hall–Kier alpha value is -2.31. The van der Waals surface area contributed by atoms with E-state index in [-0.39, 0.29) is 27.1 Å². The third-order valence-electron chi connectivity index (χ3n) is 8.41. The Morgan fingerprint density at radius 1 is 0.476 bits per heavy atom. The highest BCUT2D eigenvalue weighted by molar-refractivity contribution is 7.56. The normalized spacial score (nSPS) is 13.4. The first kappa shape index (κ1) is 34.2. The van der Waals surface area contributed by atoms with E-state index < -0.39 is 8.38 Å². The van der Waals surface area contributed by atoms with Gasteiger partial charge in [-0.2, -0.15) is 0 Å². The third kappa shape index (κ3) is 8.19. The van der Waals surface area contributed by atoms with Crippen LogP contribution in [0.4, 0.5) is 0 Å². The lowest BCUT2D eigenvalue weighted by molar-refractivity contribution is 0.466. The minimum Gasteiger partial charge on any atom is -0.435 e. The van der Waals surface area contributed by atoms with Crippen molar-refractivity contribution in [2.75, 3.05) is 0 Å². The molecule has 0 N–H and O–H groups in total. The fourth-order valence-electron chi connectivity index (χ4n) is 4.87. The Morgan fingerprint density at radius 3 is 1.14 bits per heavy atom. The molecule has 0 aliphatic rings. The van der Waals surface area contributed by atoms with Gasteiger partial charge in [0.15, 0.2) is 0 Å². The van der Waals surface area contributed by atoms with Gasteiger partial charge in [0.05, 0.1) is 5.30 Å². The van der Waals surface area contributed by atoms with E-state index >= 15 is 0 Å². The van der Waals surface area contributed by atoms with Gasteiger partial charge in [-0.25, -0.2) is 0 Å². The molecule has 3 rings (SSSR count). The van der Waals surface area contributed by atoms with E-state index in [1.54, 1.807) is 0 Å². The smallest absolute Gasteiger partial charge is 0.326 e. The van der Waals surface area contributed by atoms with Gasteiger partial charge >= 0.3 is 8.38 Å². The molecule has 2 nitrogen and oxygen atoms in total. The van der Waals surface area contributed by atoms with Crippen LogP contribution in [-0.2, 0) is 27.1 Å². The van der Waals surface area contributed by atoms with Crippen molar-refractivity contribution >= 4 is 13.7 Å². The molecule has 0 saturated carbocycles. The fraction of sp³-hybridized carbons (Fsp3) is 0.538. The summed E-state index contributed by atoms with van der Waals surface area (Å²) in [5, 5.41) is 1.07. The molecule has 3 heteroatoms. The molecular weight excluding hydrogens is 531 g/mol. The SMILES string of the molecule is CCC(C)(C)c1ccc(P(Oc2ccc(C(C)(C)C)cc2C(C)(C)C)Oc2ccc(C(C)(C)C)cc2C(C)(C)C)cc1. The van der Waals surface area contributed by atoms with Crippen molar-refractivity contribution in [3.8, 4) is 11.5 Å². The highest BCUT2D eigenvalue weighted by Crippen LogP contribution is 2.47. The van der Waals surface area contributed by atoms with Gasteiger partial charge in [0.25, 0.3) is 0 Å². The largest absolute Gasteiger partial charge is 0.435 e. The maximum absolute atomic E-state index is 6.99. The molecule has 0 aromatic heterocycles. The fourth-order valence-corrected chi connectivity index (χ4v) is 6.18. The Morgan fingerprint density at radius 2 is 0.833 bits per heavy atom. The van der Waals surface area contributed by atoms with Gasteiger partial charge in [-0.3, -0.25) is 0 Å². The summed E-state index contributed by atoms with van der Waals surface area (Å²) >= 11 is 0. The average molecular weight is 589 g/mol. The zero-order valence-corrected chi connectivity index (χ0v) is 30.1. The van der Waals surface area contributed by atoms with Gasteiger partial charge in [0.1, 0.15) is 11.5 Å². The zero-order valence-electron chi connectivity index (χ0n) is 29.2. The van der Waals surface area contributed by atoms with Gasteiger partial charge in [-0.1, -0.05) is 140 Å². The topological polar surface area (TPSA) is 18.5 Å². The summed E-state index contributed by atoms with van der Waals surface area (Å²) in [7, 11) is -1.46. The monoisotopic (exact) mass is 588 g/mol. The van der Waals surface area contributed by atoms with E-state index in [1.165, 1.54) is 27.8 Å². The molecule has 0 aliphatic heterocycles. The lowest BCUT2D eigenvalue weighted by Gasteiger charge is -2.31. The van der Waals surface area contributed by atoms with Crippen LogP contribution in [0.15, 0.2) is 60.7 Å². The number of benzene rings is 3. The van der Waals surface area contributed by atoms with Crippen LogP contribution in [0.1, 0.15) is 138 Å². The molecular formula is C39H57O2P. The molecule has 0 radical (unpaired) electrons. The first-order valence-corrected chi connectivity index (χ1v) is 16.8. The summed E-state index contributed by atoms with van der Waals surface area (Å²) in [6.07, 6.45) is 1.08. The van der Waals surface area contributed by atoms with Crippen LogP contribution < -0.4 is 14.4 Å². The zero-order chi connectivity index (χ0) is 31.9. The van der Waals surface area contributed by atoms with Crippen molar-refractivity contribution in [1.82, 2.24) is 0 Å². The number of hydrogen-bond acceptors (Lipinski definition) is 2. The van der Waals surface area contributed by atoms with Crippen LogP contribution >= 0.6 is 8.38 Å². The molecule has 0 spiro atoms. The van der Waals surface area contributed by atoms with Gasteiger partial charge in [0.2, 0.25) is 0 Å². The van der Waals surface area contributed by atoms with E-state index in [0.717, 1.165) is 23.2 Å². The van der Waals surface area contributed by atoms with E-state index in [0.29, 0.717) is 0 Å². The molecule has 0 fully saturated rings. The first-order chi connectivity index (χ1) is 19.0. The molecule has 0 heterocycles. The summed E-state index contributed by atoms with van der Waals surface area (Å²) < 4.78 is 14.0. The molecule has 0 atom stereocenters. The molecule has 3 aromatic carbocycles. The molecule has 0 unspecified atom stereocenters. The minimum absolute atomic E-state index is 0.0537. The third-order valence-corrected chi connectivity index (χ3v) is 9.86. The quantitative estimate of drug-likeness (QED) is 0.256. The van der Waals surface area contributed by atoms with Crippen LogP contribution in [0.2, 0.25) is 0 Å². The van der Waals surface area contributed by atoms with Gasteiger partial charge in [-0.05, 0) is 74.5 Å². The van der Waals surface area contributed by atoms with Crippen molar-refractivity contribution in [3.05, 3.63) is 88.5 Å². The second kappa shape index (κ2) is 12.0. The molecule has 42 heavy (non-hydrogen) atoms. The maximum atomic E-state index is 6.99. The summed E-state index contributed by atoms with van der Waals surface area (Å²) in [5.41, 5.74) is 6.41. The summed E-state index contributed by atoms with van der Waals surface area (Å²) in [6, 6.07) is 22.3. The van der Waals surface area contributed by atoms with E-state index in [1.807, 2.05) is 0 Å². The minimum atomic E-state index is -1.46. The standard InChI is InChI=1S/C39H57O2P/c1-16-39(14,15)27-17-21-30(22-18-27)42(40-33-23-19-28(35(2,3)4)25-31(33)37(8,9)10)41-34-24-20-29(36(5,6)7)26-32(34)38(11,12)13/h17-26H,16H2,1-15H3. The Balaban J connectivity index is 2.18. The predicted molar refractivity (Wildman–Crippen MR) is 185 cm³/mol. The van der Waals surface area contributed by atoms with Crippen LogP contribution in [0.5, 0.6) is 11.5 Å². The Labute approximate surface area is 259 Å². The predicted octanol–water partition coefficient (Wildman–Crippen LogP) is 11.7. The second-order valence-corrected chi connectivity index (χ2v) is 18.0. The van der Waals surface area contributed by atoms with Crippen molar-refractivity contribution in [3.63, 3.8) is 0 Å². The highest BCUT2D eigenvalue weighted by Gasteiger charge is 2.30. The lowest BCUT2D eigenvalue weighted by Crippen LogP contribution is -2.20. The second-order valence-electron chi connectivity index (χ2n) is 16.6. The molecule has 230 valence electrons. The number of hydrogen-bond donors (Lipinski definition) is 0. The lowest BCUT2D eigenvalue weighted by atomic mass is 9.80. The highest BCUT2D eigenvalue weighted by atomic mass is 31.2. The maximum Gasteiger partial charge on any atom is 0.326 e. The van der Waals surface area contributed by atoms with Crippen molar-refractivity contribution < 1.29 is 9.05 Å². The Bertz CT molecular complexity index is 1280. The van der Waals surface area contributed by atoms with Gasteiger partial charge in [-0.15, -0.1) is 0 Å². The van der Waals surface area contributed by atoms with Crippen LogP contribution in [0, 0.1) is 0 Å². The van der Waals surface area contributed by atoms with Crippen molar-refractivity contribution in [2.24, 2.45) is 0 Å². The molecule has 0 amide bonds. The van der Waals surface area contributed by atoms with E-state index in [4.69, 9.17) is 9.05 Å². The van der Waals surface area contributed by atoms with E-state index in [9.17, 15) is 0 Å². The van der Waals surface area contributed by atoms with Crippen LogP contribution in [0.3, 0.4) is 0 Å². The summed E-state index contributed by atoms with van der Waals surface area (Å²) in [6.45, 7) is 34.0. The van der Waals surface area contributed by atoms with E-state index in [2.05, 4.69) is 165 Å². The summed E-state index contributed by atoms with van der Waals surface area (Å²) in [5.74, 6) is 1.78. The van der Waals surface area contributed by atoms with Crippen molar-refractivity contribution in [2.45, 2.75) is 137 Å². The molecule has 0 saturated heterocycles. The first-order valence-electron chi connectivity index (χ1n) is 15.6. The van der Waals surface area contributed by atoms with Crippen LogP contribution in [-0.4, -0.2) is 0 Å². The van der Waals surface area contributed by atoms with Crippen molar-refractivity contribution in [1.29, 1.82) is 0 Å². The van der Waals surface area contributed by atoms with Crippen LogP contribution in [0.25, 0.3) is 0 Å². The van der Waals surface area contributed by atoms with Gasteiger partial charge in [0, 0.05) is 11.1 Å². The average Bonchev–Trinajstić information content (AvgIpc) is 2.86. The Kier molecular flexibility index (Phi) is 9.76. The molecule has 0 aliphatic carbocycles. The molecule has 3 aromatic rings. The summed E-state index contributed by atoms with van der Waals surface area (Å²) in [4.78, 5) is 0.